The van der Waals surface area contributed by atoms with Crippen molar-refractivity contribution in [3.05, 3.63) is 23.7 Å². The van der Waals surface area contributed by atoms with Crippen LogP contribution in [0.5, 0.6) is 0 Å². The van der Waals surface area contributed by atoms with Crippen molar-refractivity contribution in [2.45, 2.75) is 49.6 Å². The molecule has 2 aliphatic heterocycles. The molecule has 2 N–H and O–H groups in total. The molecule has 10 heteroatoms. The number of amidine groups is 1. The van der Waals surface area contributed by atoms with Gasteiger partial charge in [0.1, 0.15) is 17.6 Å². The number of carbonyl (C=O) groups excluding carboxylic acids is 1. The maximum atomic E-state index is 14.6. The predicted octanol–water partition coefficient (Wildman–Crippen LogP) is 3.54. The fourth-order valence-corrected chi connectivity index (χ4v) is 5.61. The van der Waals surface area contributed by atoms with Crippen molar-refractivity contribution in [2.24, 2.45) is 21.8 Å². The highest BCUT2D eigenvalue weighted by Gasteiger charge is 2.46. The number of aliphatic imine (C=N–C) groups is 2. The van der Waals surface area contributed by atoms with Crippen LogP contribution in [0.25, 0.3) is 0 Å². The van der Waals surface area contributed by atoms with E-state index in [0.717, 1.165) is 37.4 Å². The van der Waals surface area contributed by atoms with Crippen molar-refractivity contribution in [3.8, 4) is 0 Å². The molecule has 0 aromatic heterocycles. The van der Waals surface area contributed by atoms with E-state index < -0.39 is 35.0 Å². The van der Waals surface area contributed by atoms with Crippen molar-refractivity contribution in [1.29, 1.82) is 0 Å². The van der Waals surface area contributed by atoms with Crippen molar-refractivity contribution in [1.82, 2.24) is 10.6 Å². The largest absolute Gasteiger partial charge is 0.394 e. The number of hydrogen-bond donors (Lipinski definition) is 2. The second kappa shape index (κ2) is 8.82. The number of nitrogens with zero attached hydrogens (tertiary/aromatic N) is 2. The van der Waals surface area contributed by atoms with Crippen molar-refractivity contribution >= 4 is 29.2 Å². The number of nitrogens with one attached hydrogen (secondary N) is 2. The zero-order valence-corrected chi connectivity index (χ0v) is 17.2. The van der Waals surface area contributed by atoms with Gasteiger partial charge in [-0.3, -0.25) is 9.79 Å². The van der Waals surface area contributed by atoms with Gasteiger partial charge in [0.15, 0.2) is 0 Å². The summed E-state index contributed by atoms with van der Waals surface area (Å²) in [6, 6.07) is 0.160. The lowest BCUT2D eigenvalue weighted by molar-refractivity contribution is -0.176. The zero-order valence-electron chi connectivity index (χ0n) is 16.3. The summed E-state index contributed by atoms with van der Waals surface area (Å²) < 4.78 is 54.4. The summed E-state index contributed by atoms with van der Waals surface area (Å²) >= 11 is 1.14. The summed E-state index contributed by atoms with van der Waals surface area (Å²) in [5, 5.41) is 4.74. The van der Waals surface area contributed by atoms with E-state index in [1.54, 1.807) is 6.08 Å². The van der Waals surface area contributed by atoms with Crippen LogP contribution in [0.2, 0.25) is 0 Å². The van der Waals surface area contributed by atoms with Gasteiger partial charge in [-0.15, -0.1) is 11.8 Å². The molecule has 2 aliphatic carbocycles. The molecule has 0 radical (unpaired) electrons. The lowest BCUT2D eigenvalue weighted by Gasteiger charge is -2.33. The number of hydrogen-bond acceptors (Lipinski definition) is 5. The summed E-state index contributed by atoms with van der Waals surface area (Å²) in [6.07, 6.45) is 3.15. The van der Waals surface area contributed by atoms with Crippen LogP contribution in [0.3, 0.4) is 0 Å². The first-order chi connectivity index (χ1) is 14.3. The van der Waals surface area contributed by atoms with E-state index >= 15 is 0 Å². The number of rotatable bonds is 4. The van der Waals surface area contributed by atoms with Gasteiger partial charge in [0.05, 0.1) is 29.1 Å². The van der Waals surface area contributed by atoms with Gasteiger partial charge in [0.25, 0.3) is 0 Å². The molecule has 3 atom stereocenters. The smallest absolute Gasteiger partial charge is 0.316 e. The predicted molar refractivity (Wildman–Crippen MR) is 109 cm³/mol. The zero-order chi connectivity index (χ0) is 21.3. The highest BCUT2D eigenvalue weighted by Crippen LogP contribution is 2.38. The maximum Gasteiger partial charge on any atom is 0.394 e. The Labute approximate surface area is 176 Å². The second-order valence-corrected chi connectivity index (χ2v) is 9.29. The Bertz CT molecular complexity index is 814. The van der Waals surface area contributed by atoms with Crippen LogP contribution in [0, 0.1) is 11.8 Å². The van der Waals surface area contributed by atoms with E-state index in [0.29, 0.717) is 18.7 Å². The molecule has 1 saturated carbocycles. The summed E-state index contributed by atoms with van der Waals surface area (Å²) in [6.45, 7) is 0.414. The Morgan fingerprint density at radius 2 is 1.97 bits per heavy atom. The van der Waals surface area contributed by atoms with E-state index in [-0.39, 0.29) is 29.9 Å². The maximum absolute atomic E-state index is 14.6. The van der Waals surface area contributed by atoms with Gasteiger partial charge in [-0.2, -0.15) is 13.2 Å². The standard InChI is InChI=1S/C20H24F4N4OS/c21-14-7-12(26-11-3-1-2-4-11)8-15-18(14)19(29)28-17(27-15)10-30-16-5-6-25-9-13(16)20(22,23)24/h7-8,11,13,16,18,25H,1-6,9-10H2,(H,27,28,29)/t13-,16-,18?/m0/s1. The molecule has 2 fully saturated rings. The average molecular weight is 444 g/mol. The van der Waals surface area contributed by atoms with Crippen LogP contribution in [-0.2, 0) is 4.79 Å². The van der Waals surface area contributed by atoms with Crippen LogP contribution in [0.1, 0.15) is 32.1 Å². The van der Waals surface area contributed by atoms with Gasteiger partial charge in [-0.05, 0) is 38.0 Å². The fourth-order valence-electron chi connectivity index (χ4n) is 4.33. The molecule has 164 valence electrons. The fraction of sp³-hybridized carbons (Fsp3) is 0.650. The van der Waals surface area contributed by atoms with Gasteiger partial charge in [-0.1, -0.05) is 12.8 Å². The highest BCUT2D eigenvalue weighted by molar-refractivity contribution is 8.00. The van der Waals surface area contributed by atoms with Gasteiger partial charge >= 0.3 is 6.18 Å². The molecule has 30 heavy (non-hydrogen) atoms. The van der Waals surface area contributed by atoms with E-state index in [9.17, 15) is 22.4 Å². The number of fused-ring (bicyclic) bond motifs is 1. The quantitative estimate of drug-likeness (QED) is 0.652. The Kier molecular flexibility index (Phi) is 6.34. The lowest BCUT2D eigenvalue weighted by atomic mass is 9.94. The molecule has 4 aliphatic rings. The highest BCUT2D eigenvalue weighted by atomic mass is 32.2. The third-order valence-corrected chi connectivity index (χ3v) is 7.31. The molecule has 0 aromatic rings. The molecule has 0 spiro atoms. The summed E-state index contributed by atoms with van der Waals surface area (Å²) in [5.74, 6) is -3.30. The van der Waals surface area contributed by atoms with E-state index in [2.05, 4.69) is 20.6 Å². The van der Waals surface area contributed by atoms with Crippen molar-refractivity contribution in [3.63, 3.8) is 0 Å². The number of amides is 1. The molecule has 1 saturated heterocycles. The van der Waals surface area contributed by atoms with Crippen LogP contribution in [-0.4, -0.2) is 53.8 Å². The average Bonchev–Trinajstić information content (AvgIpc) is 3.18. The molecule has 0 aromatic carbocycles. The van der Waals surface area contributed by atoms with Crippen LogP contribution < -0.4 is 10.6 Å². The topological polar surface area (TPSA) is 65.8 Å². The number of carbonyl (C=O) groups is 1. The molecule has 4 rings (SSSR count). The number of thioether (sulfide) groups is 1. The first-order valence-electron chi connectivity index (χ1n) is 10.2. The Balaban J connectivity index is 1.48. The molecule has 1 unspecified atom stereocenters. The summed E-state index contributed by atoms with van der Waals surface area (Å²) in [7, 11) is 0. The number of piperidine rings is 1. The Morgan fingerprint density at radius 1 is 1.20 bits per heavy atom. The third-order valence-electron chi connectivity index (χ3n) is 5.88. The van der Waals surface area contributed by atoms with Gasteiger partial charge in [0, 0.05) is 11.8 Å². The second-order valence-electron chi connectivity index (χ2n) is 8.06. The van der Waals surface area contributed by atoms with Crippen LogP contribution >= 0.6 is 11.8 Å². The molecular formula is C20H24F4N4OS. The Morgan fingerprint density at radius 3 is 2.70 bits per heavy atom. The first kappa shape index (κ1) is 21.5. The van der Waals surface area contributed by atoms with E-state index in [1.807, 2.05) is 0 Å². The first-order valence-corrected chi connectivity index (χ1v) is 11.3. The minimum atomic E-state index is -4.28. The van der Waals surface area contributed by atoms with E-state index in [4.69, 9.17) is 0 Å². The summed E-state index contributed by atoms with van der Waals surface area (Å²) in [4.78, 5) is 21.4. The van der Waals surface area contributed by atoms with Gasteiger partial charge in [0.2, 0.25) is 5.91 Å². The minimum Gasteiger partial charge on any atom is -0.316 e. The normalized spacial score (nSPS) is 31.7. The molecule has 5 nitrogen and oxygen atoms in total. The number of allylic oxidation sites excluding steroid dienone is 2. The number of alkyl halides is 3. The molecule has 1 amide bonds. The lowest BCUT2D eigenvalue weighted by Crippen LogP contribution is -2.47. The number of halogens is 4. The molecule has 2 heterocycles. The monoisotopic (exact) mass is 444 g/mol. The minimum absolute atomic E-state index is 0.107. The summed E-state index contributed by atoms with van der Waals surface area (Å²) in [5.41, 5.74) is 0.732. The molecule has 0 bridgehead atoms. The van der Waals surface area contributed by atoms with E-state index in [1.165, 1.54) is 6.08 Å². The van der Waals surface area contributed by atoms with Crippen LogP contribution in [0.4, 0.5) is 17.6 Å². The SMILES string of the molecule is O=C1NC(CS[C@H]2CCNC[C@@H]2C(F)(F)F)=NC2=CC(=NC3CCCC3)C=C(F)C12. The Hall–Kier alpha value is -1.68. The third kappa shape index (κ3) is 4.80. The molecular weight excluding hydrogens is 420 g/mol. The van der Waals surface area contributed by atoms with Crippen molar-refractivity contribution in [2.75, 3.05) is 18.8 Å². The van der Waals surface area contributed by atoms with Gasteiger partial charge < -0.3 is 10.6 Å². The van der Waals surface area contributed by atoms with Gasteiger partial charge in [-0.25, -0.2) is 9.38 Å². The van der Waals surface area contributed by atoms with Crippen molar-refractivity contribution < 1.29 is 22.4 Å². The van der Waals surface area contributed by atoms with Crippen LogP contribution in [0.15, 0.2) is 33.7 Å².